The van der Waals surface area contributed by atoms with Crippen LogP contribution in [0.1, 0.15) is 52.6 Å². The van der Waals surface area contributed by atoms with E-state index in [1.807, 2.05) is 12.1 Å². The highest BCUT2D eigenvalue weighted by atomic mass is 19.4. The summed E-state index contributed by atoms with van der Waals surface area (Å²) in [6.07, 6.45) is -1.86. The number of methoxy groups -OCH3 is 1. The molecule has 12 nitrogen and oxygen atoms in total. The Morgan fingerprint density at radius 1 is 1.04 bits per heavy atom. The van der Waals surface area contributed by atoms with Crippen molar-refractivity contribution in [2.75, 3.05) is 33.4 Å². The number of ketones is 1. The maximum Gasteiger partial charge on any atom is 0.573 e. The Morgan fingerprint density at radius 2 is 1.87 bits per heavy atom. The largest absolute Gasteiger partial charge is 0.573 e. The molecule has 240 valence electrons. The Hall–Kier alpha value is -4.60. The van der Waals surface area contributed by atoms with E-state index in [0.717, 1.165) is 47.8 Å². The molecule has 0 atom stereocenters. The van der Waals surface area contributed by atoms with Gasteiger partial charge in [0.15, 0.2) is 11.4 Å². The second-order valence-corrected chi connectivity index (χ2v) is 10.6. The van der Waals surface area contributed by atoms with Crippen LogP contribution in [0.15, 0.2) is 36.5 Å². The fourth-order valence-electron chi connectivity index (χ4n) is 4.90. The van der Waals surface area contributed by atoms with Crippen molar-refractivity contribution < 1.29 is 41.4 Å². The molecule has 5 rings (SSSR count). The predicted molar refractivity (Wildman–Crippen MR) is 150 cm³/mol. The van der Waals surface area contributed by atoms with E-state index in [9.17, 15) is 27.2 Å². The summed E-state index contributed by atoms with van der Waals surface area (Å²) in [6, 6.07) is 6.68. The van der Waals surface area contributed by atoms with Crippen LogP contribution in [0, 0.1) is 5.82 Å². The van der Waals surface area contributed by atoms with Crippen molar-refractivity contribution in [1.82, 2.24) is 35.1 Å². The van der Waals surface area contributed by atoms with E-state index < -0.39 is 23.7 Å². The number of amides is 1. The number of unbranched alkanes of at least 4 members (excludes halogenated alkanes) is 1. The first-order chi connectivity index (χ1) is 21.6. The summed E-state index contributed by atoms with van der Waals surface area (Å²) in [5, 5.41) is 17.4. The van der Waals surface area contributed by atoms with Crippen molar-refractivity contribution in [2.45, 2.75) is 50.9 Å². The Morgan fingerprint density at radius 3 is 2.64 bits per heavy atom. The molecule has 0 saturated carbocycles. The molecule has 0 unspecified atom stereocenters. The van der Waals surface area contributed by atoms with Gasteiger partial charge in [-0.1, -0.05) is 5.21 Å². The zero-order valence-corrected chi connectivity index (χ0v) is 24.3. The van der Waals surface area contributed by atoms with E-state index in [2.05, 4.69) is 30.2 Å². The van der Waals surface area contributed by atoms with Crippen LogP contribution in [-0.4, -0.2) is 86.7 Å². The molecule has 0 bridgehead atoms. The normalized spacial score (nSPS) is 13.7. The molecule has 45 heavy (non-hydrogen) atoms. The molecule has 1 N–H and O–H groups in total. The van der Waals surface area contributed by atoms with Gasteiger partial charge < -0.3 is 24.1 Å². The van der Waals surface area contributed by atoms with Gasteiger partial charge in [0, 0.05) is 50.2 Å². The van der Waals surface area contributed by atoms with Gasteiger partial charge in [-0.25, -0.2) is 9.18 Å². The van der Waals surface area contributed by atoms with Gasteiger partial charge in [0.25, 0.3) is 0 Å². The summed E-state index contributed by atoms with van der Waals surface area (Å²) in [7, 11) is 1.55. The zero-order chi connectivity index (χ0) is 32.0. The Balaban J connectivity index is 1.05. The van der Waals surface area contributed by atoms with E-state index >= 15 is 0 Å². The van der Waals surface area contributed by atoms with Crippen molar-refractivity contribution in [2.24, 2.45) is 0 Å². The van der Waals surface area contributed by atoms with Crippen LogP contribution >= 0.6 is 0 Å². The Bertz CT molecular complexity index is 1630. The lowest BCUT2D eigenvalue weighted by Gasteiger charge is -2.37. The number of aryl methyl sites for hydroxylation is 3. The second-order valence-electron chi connectivity index (χ2n) is 10.6. The molecule has 1 aliphatic rings. The molecule has 1 amide bonds. The highest BCUT2D eigenvalue weighted by molar-refractivity contribution is 5.94. The molecule has 16 heteroatoms. The number of hydrogen-bond acceptors (Lipinski definition) is 9. The number of carbonyl (C=O) groups excluding carboxylic acids is 2. The SMILES string of the molecule is COCCOC(=O)N1CC(c2cc3cc(CCCCn4cc(C(=O)CCc5cc(OC(F)(F)F)ccc5F)nn4)nnc3[nH]2)C1. The average molecular weight is 634 g/mol. The summed E-state index contributed by atoms with van der Waals surface area (Å²) in [5.74, 6) is -1.53. The number of aromatic nitrogens is 6. The quantitative estimate of drug-likeness (QED) is 0.120. The maximum absolute atomic E-state index is 14.1. The number of ether oxygens (including phenoxy) is 3. The zero-order valence-electron chi connectivity index (χ0n) is 24.3. The molecule has 1 aromatic carbocycles. The van der Waals surface area contributed by atoms with Gasteiger partial charge in [0.05, 0.1) is 18.5 Å². The van der Waals surface area contributed by atoms with E-state index in [1.54, 1.807) is 12.0 Å². The minimum absolute atomic E-state index is 0.0691. The summed E-state index contributed by atoms with van der Waals surface area (Å²) < 4.78 is 66.8. The number of halogens is 4. The van der Waals surface area contributed by atoms with Gasteiger partial charge in [0.2, 0.25) is 0 Å². The number of nitrogens with zero attached hydrogens (tertiary/aromatic N) is 6. The van der Waals surface area contributed by atoms with Crippen molar-refractivity contribution in [1.29, 1.82) is 0 Å². The van der Waals surface area contributed by atoms with Crippen molar-refractivity contribution in [3.8, 4) is 5.75 Å². The number of aromatic amines is 1. The summed E-state index contributed by atoms with van der Waals surface area (Å²) in [6.45, 7) is 2.19. The van der Waals surface area contributed by atoms with Gasteiger partial charge in [-0.15, -0.1) is 23.4 Å². The van der Waals surface area contributed by atoms with E-state index in [-0.39, 0.29) is 42.7 Å². The van der Waals surface area contributed by atoms with Gasteiger partial charge in [0.1, 0.15) is 23.9 Å². The molecule has 1 aliphatic heterocycles. The number of carbonyl (C=O) groups is 2. The van der Waals surface area contributed by atoms with Crippen LogP contribution in [0.5, 0.6) is 5.75 Å². The standard InChI is InChI=1S/C29H31F4N7O5/c1-43-10-11-44-28(42)39-15-20(16-39)24-14-19-12-21(35-37-27(19)34-24)4-2-3-9-40-17-25(36-38-40)26(41)8-5-18-13-22(6-7-23(18)30)45-29(31,32)33/h6-7,12-14,17,20H,2-5,8-11,15-16H2,1H3,(H,34,37). The fourth-order valence-corrected chi connectivity index (χ4v) is 4.90. The third-order valence-electron chi connectivity index (χ3n) is 7.31. The number of H-pyrrole nitrogens is 1. The summed E-state index contributed by atoms with van der Waals surface area (Å²) in [4.78, 5) is 29.5. The number of nitrogens with one attached hydrogen (secondary N) is 1. The first kappa shape index (κ1) is 31.8. The number of benzene rings is 1. The van der Waals surface area contributed by atoms with Crippen molar-refractivity contribution in [3.05, 3.63) is 65.0 Å². The van der Waals surface area contributed by atoms with Gasteiger partial charge >= 0.3 is 12.5 Å². The smallest absolute Gasteiger partial charge is 0.447 e. The van der Waals surface area contributed by atoms with Crippen molar-refractivity contribution >= 4 is 22.9 Å². The molecular weight excluding hydrogens is 602 g/mol. The highest BCUT2D eigenvalue weighted by Crippen LogP contribution is 2.29. The van der Waals surface area contributed by atoms with Crippen LogP contribution in [0.25, 0.3) is 11.0 Å². The predicted octanol–water partition coefficient (Wildman–Crippen LogP) is 4.61. The van der Waals surface area contributed by atoms with Gasteiger partial charge in [-0.2, -0.15) is 5.10 Å². The number of fused-ring (bicyclic) bond motifs is 1. The summed E-state index contributed by atoms with van der Waals surface area (Å²) >= 11 is 0. The van der Waals surface area contributed by atoms with Crippen LogP contribution < -0.4 is 4.74 Å². The first-order valence-electron chi connectivity index (χ1n) is 14.3. The molecule has 0 radical (unpaired) electrons. The van der Waals surface area contributed by atoms with Crippen LogP contribution in [0.4, 0.5) is 22.4 Å². The molecule has 0 spiro atoms. The van der Waals surface area contributed by atoms with Gasteiger partial charge in [-0.3, -0.25) is 9.48 Å². The maximum atomic E-state index is 14.1. The number of alkyl halides is 3. The van der Waals surface area contributed by atoms with Crippen LogP contribution in [-0.2, 0) is 28.9 Å². The molecule has 4 heterocycles. The second kappa shape index (κ2) is 14.0. The van der Waals surface area contributed by atoms with Crippen molar-refractivity contribution in [3.63, 3.8) is 0 Å². The number of hydrogen-bond donors (Lipinski definition) is 1. The fraction of sp³-hybridized carbons (Fsp3) is 0.448. The van der Waals surface area contributed by atoms with E-state index in [4.69, 9.17) is 9.47 Å². The monoisotopic (exact) mass is 633 g/mol. The lowest BCUT2D eigenvalue weighted by Crippen LogP contribution is -2.49. The number of rotatable bonds is 14. The lowest BCUT2D eigenvalue weighted by molar-refractivity contribution is -0.274. The highest BCUT2D eigenvalue weighted by Gasteiger charge is 2.34. The molecule has 1 saturated heterocycles. The molecule has 1 fully saturated rings. The Labute approximate surface area is 254 Å². The number of Topliss-reactive ketones (excluding diaryl/α,β-unsaturated/α-hetero) is 1. The molecule has 3 aromatic heterocycles. The van der Waals surface area contributed by atoms with Crippen LogP contribution in [0.3, 0.4) is 0 Å². The molecule has 0 aliphatic carbocycles. The number of likely N-dealkylation sites (tertiary alicyclic amines) is 1. The third kappa shape index (κ3) is 8.53. The first-order valence-corrected chi connectivity index (χ1v) is 14.3. The van der Waals surface area contributed by atoms with Gasteiger partial charge in [-0.05, 0) is 61.6 Å². The average Bonchev–Trinajstić information content (AvgIpc) is 3.61. The van der Waals surface area contributed by atoms with Crippen LogP contribution in [0.2, 0.25) is 0 Å². The third-order valence-corrected chi connectivity index (χ3v) is 7.31. The summed E-state index contributed by atoms with van der Waals surface area (Å²) in [5.41, 5.74) is 2.52. The minimum atomic E-state index is -4.90. The van der Waals surface area contributed by atoms with E-state index in [0.29, 0.717) is 38.3 Å². The Kier molecular flexibility index (Phi) is 9.90. The molecule has 4 aromatic rings. The lowest BCUT2D eigenvalue weighted by atomic mass is 9.97. The topological polar surface area (TPSA) is 137 Å². The minimum Gasteiger partial charge on any atom is -0.447 e. The molecular formula is C29H31F4N7O5. The van der Waals surface area contributed by atoms with E-state index in [1.165, 1.54) is 10.9 Å².